The van der Waals surface area contributed by atoms with E-state index in [0.29, 0.717) is 6.61 Å². The molecule has 0 bridgehead atoms. The zero-order valence-corrected chi connectivity index (χ0v) is 8.30. The average molecular weight is 203 g/mol. The van der Waals surface area contributed by atoms with E-state index in [1.807, 2.05) is 36.4 Å². The van der Waals surface area contributed by atoms with Crippen molar-refractivity contribution < 1.29 is 9.15 Å². The Hall–Kier alpha value is -1.74. The predicted molar refractivity (Wildman–Crippen MR) is 57.6 cm³/mol. The van der Waals surface area contributed by atoms with E-state index in [1.54, 1.807) is 12.5 Å². The number of hydrogen-bond donors (Lipinski definition) is 1. The van der Waals surface area contributed by atoms with Crippen LogP contribution in [0.15, 0.2) is 53.3 Å². The second kappa shape index (κ2) is 4.66. The van der Waals surface area contributed by atoms with E-state index >= 15 is 0 Å². The van der Waals surface area contributed by atoms with Gasteiger partial charge in [0.25, 0.3) is 0 Å². The largest absolute Gasteiger partial charge is 0.492 e. The lowest BCUT2D eigenvalue weighted by Gasteiger charge is -2.11. The van der Waals surface area contributed by atoms with E-state index in [9.17, 15) is 0 Å². The molecule has 0 radical (unpaired) electrons. The predicted octanol–water partition coefficient (Wildman–Crippen LogP) is 2.36. The maximum atomic E-state index is 5.90. The number of para-hydroxylation sites is 1. The Morgan fingerprint density at radius 1 is 1.20 bits per heavy atom. The topological polar surface area (TPSA) is 48.4 Å². The highest BCUT2D eigenvalue weighted by Gasteiger charge is 2.07. The minimum Gasteiger partial charge on any atom is -0.492 e. The molecule has 0 fully saturated rings. The van der Waals surface area contributed by atoms with Crippen LogP contribution >= 0.6 is 0 Å². The Balaban J connectivity index is 1.89. The SMILES string of the molecule is NC(COc1ccccc1)c1ccoc1. The number of furan rings is 1. The quantitative estimate of drug-likeness (QED) is 0.829. The van der Waals surface area contributed by atoms with Gasteiger partial charge in [0.1, 0.15) is 12.4 Å². The third kappa shape index (κ3) is 2.60. The van der Waals surface area contributed by atoms with Crippen molar-refractivity contribution in [1.82, 2.24) is 0 Å². The van der Waals surface area contributed by atoms with Crippen LogP contribution in [-0.4, -0.2) is 6.61 Å². The van der Waals surface area contributed by atoms with E-state index < -0.39 is 0 Å². The van der Waals surface area contributed by atoms with E-state index in [-0.39, 0.29) is 6.04 Å². The standard InChI is InChI=1S/C12H13NO2/c13-12(10-6-7-14-8-10)9-15-11-4-2-1-3-5-11/h1-8,12H,9,13H2. The van der Waals surface area contributed by atoms with Gasteiger partial charge in [-0.05, 0) is 18.2 Å². The summed E-state index contributed by atoms with van der Waals surface area (Å²) < 4.78 is 10.5. The summed E-state index contributed by atoms with van der Waals surface area (Å²) in [7, 11) is 0. The van der Waals surface area contributed by atoms with Gasteiger partial charge in [0, 0.05) is 5.56 Å². The van der Waals surface area contributed by atoms with Crippen LogP contribution in [-0.2, 0) is 0 Å². The number of hydrogen-bond acceptors (Lipinski definition) is 3. The molecule has 15 heavy (non-hydrogen) atoms. The average Bonchev–Trinajstić information content (AvgIpc) is 2.81. The van der Waals surface area contributed by atoms with Crippen LogP contribution in [0.2, 0.25) is 0 Å². The number of benzene rings is 1. The Kier molecular flexibility index (Phi) is 3.05. The Morgan fingerprint density at radius 3 is 2.67 bits per heavy atom. The molecule has 0 aliphatic heterocycles. The molecule has 0 aliphatic carbocycles. The zero-order valence-electron chi connectivity index (χ0n) is 8.30. The van der Waals surface area contributed by atoms with Gasteiger partial charge in [-0.15, -0.1) is 0 Å². The van der Waals surface area contributed by atoms with Crippen molar-refractivity contribution in [3.05, 3.63) is 54.5 Å². The van der Waals surface area contributed by atoms with Crippen molar-refractivity contribution in [1.29, 1.82) is 0 Å². The molecule has 3 heteroatoms. The van der Waals surface area contributed by atoms with Crippen LogP contribution in [0, 0.1) is 0 Å². The Bertz CT molecular complexity index is 383. The Labute approximate surface area is 88.5 Å². The van der Waals surface area contributed by atoms with Gasteiger partial charge in [0.05, 0.1) is 18.6 Å². The van der Waals surface area contributed by atoms with Crippen molar-refractivity contribution in [3.63, 3.8) is 0 Å². The van der Waals surface area contributed by atoms with E-state index in [2.05, 4.69) is 0 Å². The first-order valence-corrected chi connectivity index (χ1v) is 4.82. The minimum atomic E-state index is -0.149. The zero-order chi connectivity index (χ0) is 10.5. The monoisotopic (exact) mass is 203 g/mol. The summed E-state index contributed by atoms with van der Waals surface area (Å²) in [4.78, 5) is 0. The van der Waals surface area contributed by atoms with Gasteiger partial charge in [-0.3, -0.25) is 0 Å². The van der Waals surface area contributed by atoms with Crippen molar-refractivity contribution in [3.8, 4) is 5.75 Å². The Morgan fingerprint density at radius 2 is 2.00 bits per heavy atom. The smallest absolute Gasteiger partial charge is 0.119 e. The lowest BCUT2D eigenvalue weighted by Crippen LogP contribution is -2.18. The second-order valence-electron chi connectivity index (χ2n) is 3.29. The molecule has 1 atom stereocenters. The summed E-state index contributed by atoms with van der Waals surface area (Å²) in [6.45, 7) is 0.448. The first-order valence-electron chi connectivity index (χ1n) is 4.82. The van der Waals surface area contributed by atoms with E-state index in [4.69, 9.17) is 14.9 Å². The molecule has 1 unspecified atom stereocenters. The maximum absolute atomic E-state index is 5.90. The summed E-state index contributed by atoms with van der Waals surface area (Å²) >= 11 is 0. The minimum absolute atomic E-state index is 0.149. The van der Waals surface area contributed by atoms with E-state index in [0.717, 1.165) is 11.3 Å². The fourth-order valence-electron chi connectivity index (χ4n) is 1.28. The first-order chi connectivity index (χ1) is 7.36. The third-order valence-electron chi connectivity index (χ3n) is 2.14. The summed E-state index contributed by atoms with van der Waals surface area (Å²) in [5, 5.41) is 0. The van der Waals surface area contributed by atoms with Crippen LogP contribution in [0.1, 0.15) is 11.6 Å². The van der Waals surface area contributed by atoms with Crippen LogP contribution in [0.25, 0.3) is 0 Å². The second-order valence-corrected chi connectivity index (χ2v) is 3.29. The van der Waals surface area contributed by atoms with Gasteiger partial charge < -0.3 is 14.9 Å². The van der Waals surface area contributed by atoms with Crippen molar-refractivity contribution in [2.75, 3.05) is 6.61 Å². The van der Waals surface area contributed by atoms with Crippen molar-refractivity contribution in [2.24, 2.45) is 5.73 Å². The highest BCUT2D eigenvalue weighted by molar-refractivity contribution is 5.21. The number of rotatable bonds is 4. The molecule has 0 amide bonds. The third-order valence-corrected chi connectivity index (χ3v) is 2.14. The van der Waals surface area contributed by atoms with Crippen LogP contribution in [0.4, 0.5) is 0 Å². The molecule has 0 aliphatic rings. The molecular weight excluding hydrogens is 190 g/mol. The van der Waals surface area contributed by atoms with E-state index in [1.165, 1.54) is 0 Å². The van der Waals surface area contributed by atoms with Gasteiger partial charge in [-0.2, -0.15) is 0 Å². The summed E-state index contributed by atoms with van der Waals surface area (Å²) in [5.41, 5.74) is 6.85. The van der Waals surface area contributed by atoms with Gasteiger partial charge in [0.15, 0.2) is 0 Å². The van der Waals surface area contributed by atoms with Gasteiger partial charge >= 0.3 is 0 Å². The lowest BCUT2D eigenvalue weighted by molar-refractivity contribution is 0.290. The summed E-state index contributed by atoms with van der Waals surface area (Å²) in [6, 6.07) is 11.3. The number of ether oxygens (including phenoxy) is 1. The van der Waals surface area contributed by atoms with Gasteiger partial charge in [-0.25, -0.2) is 0 Å². The summed E-state index contributed by atoms with van der Waals surface area (Å²) in [5.74, 6) is 0.830. The van der Waals surface area contributed by atoms with Crippen molar-refractivity contribution >= 4 is 0 Å². The molecule has 2 aromatic rings. The van der Waals surface area contributed by atoms with Gasteiger partial charge in [0.2, 0.25) is 0 Å². The fourth-order valence-corrected chi connectivity index (χ4v) is 1.28. The van der Waals surface area contributed by atoms with Crippen molar-refractivity contribution in [2.45, 2.75) is 6.04 Å². The van der Waals surface area contributed by atoms with Crippen LogP contribution < -0.4 is 10.5 Å². The molecule has 1 aromatic carbocycles. The molecule has 3 nitrogen and oxygen atoms in total. The highest BCUT2D eigenvalue weighted by atomic mass is 16.5. The number of nitrogens with two attached hydrogens (primary N) is 1. The normalized spacial score (nSPS) is 12.3. The molecule has 0 saturated carbocycles. The molecule has 2 rings (SSSR count). The molecule has 1 aromatic heterocycles. The molecule has 2 N–H and O–H groups in total. The molecule has 78 valence electrons. The highest BCUT2D eigenvalue weighted by Crippen LogP contribution is 2.14. The lowest BCUT2D eigenvalue weighted by atomic mass is 10.2. The first kappa shape index (κ1) is 9.80. The molecular formula is C12H13NO2. The maximum Gasteiger partial charge on any atom is 0.119 e. The van der Waals surface area contributed by atoms with Crippen LogP contribution in [0.3, 0.4) is 0 Å². The molecule has 1 heterocycles. The van der Waals surface area contributed by atoms with Crippen LogP contribution in [0.5, 0.6) is 5.75 Å². The molecule has 0 saturated heterocycles. The fraction of sp³-hybridized carbons (Fsp3) is 0.167. The van der Waals surface area contributed by atoms with Gasteiger partial charge in [-0.1, -0.05) is 18.2 Å². The summed E-state index contributed by atoms with van der Waals surface area (Å²) in [6.07, 6.45) is 3.25. The molecule has 0 spiro atoms.